The Kier molecular flexibility index (Phi) is 5.77. The molecule has 0 aliphatic heterocycles. The summed E-state index contributed by atoms with van der Waals surface area (Å²) in [5, 5.41) is 11.3. The highest BCUT2D eigenvalue weighted by Crippen LogP contribution is 2.24. The van der Waals surface area contributed by atoms with Crippen LogP contribution in [0.3, 0.4) is 0 Å². The molecule has 1 amide bonds. The molecule has 4 nitrogen and oxygen atoms in total. The number of nitrogens with one attached hydrogen (secondary N) is 1. The van der Waals surface area contributed by atoms with Crippen molar-refractivity contribution in [2.45, 2.75) is 13.8 Å². The third kappa shape index (κ3) is 4.08. The molecule has 0 radical (unpaired) electrons. The van der Waals surface area contributed by atoms with E-state index >= 15 is 0 Å². The first-order valence-corrected chi connectivity index (χ1v) is 6.65. The Morgan fingerprint density at radius 1 is 1.30 bits per heavy atom. The molecular formula is C13H14Cl2FNO3. The molecule has 110 valence electrons. The van der Waals surface area contributed by atoms with E-state index in [1.54, 1.807) is 13.8 Å². The van der Waals surface area contributed by atoms with Gasteiger partial charge < -0.3 is 10.4 Å². The molecule has 0 bridgehead atoms. The summed E-state index contributed by atoms with van der Waals surface area (Å²) < 4.78 is 13.3. The molecule has 1 unspecified atom stereocenters. The zero-order chi connectivity index (χ0) is 15.4. The Morgan fingerprint density at radius 3 is 2.40 bits per heavy atom. The monoisotopic (exact) mass is 321 g/mol. The highest BCUT2D eigenvalue weighted by Gasteiger charge is 2.23. The first-order valence-electron chi connectivity index (χ1n) is 5.89. The van der Waals surface area contributed by atoms with Gasteiger partial charge in [0, 0.05) is 6.54 Å². The normalized spacial score (nSPS) is 12.3. The molecule has 1 rings (SSSR count). The van der Waals surface area contributed by atoms with Gasteiger partial charge in [0.25, 0.3) is 5.91 Å². The molecule has 0 saturated carbocycles. The van der Waals surface area contributed by atoms with E-state index in [1.807, 2.05) is 0 Å². The third-order valence-electron chi connectivity index (χ3n) is 2.86. The number of hydrogen-bond acceptors (Lipinski definition) is 2. The highest BCUT2D eigenvalue weighted by atomic mass is 35.5. The van der Waals surface area contributed by atoms with Crippen LogP contribution in [-0.4, -0.2) is 23.5 Å². The first kappa shape index (κ1) is 16.7. The van der Waals surface area contributed by atoms with Gasteiger partial charge in [0.1, 0.15) is 5.82 Å². The van der Waals surface area contributed by atoms with Crippen LogP contribution >= 0.6 is 23.2 Å². The summed E-state index contributed by atoms with van der Waals surface area (Å²) in [4.78, 5) is 22.9. The van der Waals surface area contributed by atoms with Crippen LogP contribution in [0.1, 0.15) is 24.2 Å². The number of aliphatic carboxylic acids is 1. The van der Waals surface area contributed by atoms with Gasteiger partial charge in [-0.05, 0) is 18.1 Å². The maximum absolute atomic E-state index is 13.3. The van der Waals surface area contributed by atoms with Crippen molar-refractivity contribution in [1.29, 1.82) is 0 Å². The molecule has 0 heterocycles. The van der Waals surface area contributed by atoms with E-state index in [9.17, 15) is 14.0 Å². The van der Waals surface area contributed by atoms with Crippen molar-refractivity contribution in [2.75, 3.05) is 6.54 Å². The minimum Gasteiger partial charge on any atom is -0.481 e. The molecule has 0 fully saturated rings. The molecule has 0 aromatic heterocycles. The lowest BCUT2D eigenvalue weighted by Gasteiger charge is -2.17. The van der Waals surface area contributed by atoms with Crippen molar-refractivity contribution in [3.05, 3.63) is 33.6 Å². The van der Waals surface area contributed by atoms with Crippen molar-refractivity contribution < 1.29 is 19.1 Å². The summed E-state index contributed by atoms with van der Waals surface area (Å²) in [7, 11) is 0. The molecule has 2 N–H and O–H groups in total. The van der Waals surface area contributed by atoms with Gasteiger partial charge in [-0.15, -0.1) is 0 Å². The predicted octanol–water partition coefficient (Wildman–Crippen LogP) is 3.22. The number of carboxylic acid groups (broad SMARTS) is 1. The van der Waals surface area contributed by atoms with E-state index in [2.05, 4.69) is 5.32 Å². The lowest BCUT2D eigenvalue weighted by atomic mass is 9.96. The smallest absolute Gasteiger partial charge is 0.308 e. The average molecular weight is 322 g/mol. The standard InChI is InChI=1S/C13H14Cl2FNO3/c1-6(2)8(13(19)20)5-17-12(18)7-3-11(16)10(15)4-9(7)14/h3-4,6,8H,5H2,1-2H3,(H,17,18)(H,19,20). The van der Waals surface area contributed by atoms with E-state index in [0.29, 0.717) is 0 Å². The number of carbonyl (C=O) groups is 2. The molecule has 7 heteroatoms. The number of carbonyl (C=O) groups excluding carboxylic acids is 1. The van der Waals surface area contributed by atoms with Gasteiger partial charge >= 0.3 is 5.97 Å². The molecule has 1 atom stereocenters. The molecule has 0 saturated heterocycles. The Morgan fingerprint density at radius 2 is 1.90 bits per heavy atom. The van der Waals surface area contributed by atoms with Crippen LogP contribution in [0.4, 0.5) is 4.39 Å². The quantitative estimate of drug-likeness (QED) is 0.818. The van der Waals surface area contributed by atoms with Crippen molar-refractivity contribution in [3.8, 4) is 0 Å². The topological polar surface area (TPSA) is 66.4 Å². The van der Waals surface area contributed by atoms with E-state index in [-0.39, 0.29) is 28.1 Å². The predicted molar refractivity (Wildman–Crippen MR) is 74.7 cm³/mol. The summed E-state index contributed by atoms with van der Waals surface area (Å²) in [6.45, 7) is 3.41. The van der Waals surface area contributed by atoms with Crippen LogP contribution in [0.25, 0.3) is 0 Å². The Bertz CT molecular complexity index is 535. The fourth-order valence-corrected chi connectivity index (χ4v) is 2.07. The molecule has 0 spiro atoms. The Labute approximate surface area is 125 Å². The Hall–Kier alpha value is -1.33. The zero-order valence-electron chi connectivity index (χ0n) is 10.9. The van der Waals surface area contributed by atoms with Crippen molar-refractivity contribution >= 4 is 35.1 Å². The van der Waals surface area contributed by atoms with Gasteiger partial charge in [0.15, 0.2) is 0 Å². The average Bonchev–Trinajstić information content (AvgIpc) is 2.32. The maximum atomic E-state index is 13.3. The largest absolute Gasteiger partial charge is 0.481 e. The molecule has 0 aliphatic rings. The van der Waals surface area contributed by atoms with Crippen molar-refractivity contribution in [3.63, 3.8) is 0 Å². The summed E-state index contributed by atoms with van der Waals surface area (Å²) in [6.07, 6.45) is 0. The second-order valence-corrected chi connectivity index (χ2v) is 5.46. The van der Waals surface area contributed by atoms with Gasteiger partial charge in [-0.1, -0.05) is 37.0 Å². The van der Waals surface area contributed by atoms with E-state index in [4.69, 9.17) is 28.3 Å². The fourth-order valence-electron chi connectivity index (χ4n) is 1.60. The van der Waals surface area contributed by atoms with E-state index in [1.165, 1.54) is 0 Å². The van der Waals surface area contributed by atoms with Crippen LogP contribution in [0.15, 0.2) is 12.1 Å². The highest BCUT2D eigenvalue weighted by molar-refractivity contribution is 6.36. The van der Waals surface area contributed by atoms with Crippen LogP contribution < -0.4 is 5.32 Å². The summed E-state index contributed by atoms with van der Waals surface area (Å²) in [5.74, 6) is -3.29. The lowest BCUT2D eigenvalue weighted by Crippen LogP contribution is -2.35. The molecule has 1 aromatic rings. The second-order valence-electron chi connectivity index (χ2n) is 4.64. The van der Waals surface area contributed by atoms with E-state index < -0.39 is 23.6 Å². The molecular weight excluding hydrogens is 308 g/mol. The lowest BCUT2D eigenvalue weighted by molar-refractivity contribution is -0.142. The molecule has 0 aliphatic carbocycles. The fraction of sp³-hybridized carbons (Fsp3) is 0.385. The van der Waals surface area contributed by atoms with Crippen molar-refractivity contribution in [2.24, 2.45) is 11.8 Å². The second kappa shape index (κ2) is 6.90. The third-order valence-corrected chi connectivity index (χ3v) is 3.46. The van der Waals surface area contributed by atoms with Crippen LogP contribution in [-0.2, 0) is 4.79 Å². The number of hydrogen-bond donors (Lipinski definition) is 2. The summed E-state index contributed by atoms with van der Waals surface area (Å²) in [6, 6.07) is 2.05. The van der Waals surface area contributed by atoms with Crippen LogP contribution in [0.2, 0.25) is 10.0 Å². The Balaban J connectivity index is 2.82. The van der Waals surface area contributed by atoms with Crippen molar-refractivity contribution in [1.82, 2.24) is 5.32 Å². The van der Waals surface area contributed by atoms with E-state index in [0.717, 1.165) is 12.1 Å². The van der Waals surface area contributed by atoms with Gasteiger partial charge in [-0.25, -0.2) is 4.39 Å². The number of benzene rings is 1. The number of halogens is 3. The minimum atomic E-state index is -1.01. The number of rotatable bonds is 5. The summed E-state index contributed by atoms with van der Waals surface area (Å²) >= 11 is 11.3. The van der Waals surface area contributed by atoms with Crippen LogP contribution in [0, 0.1) is 17.7 Å². The van der Waals surface area contributed by atoms with Gasteiger partial charge in [0.05, 0.1) is 21.5 Å². The summed E-state index contributed by atoms with van der Waals surface area (Å²) in [5.41, 5.74) is -0.0820. The van der Waals surface area contributed by atoms with Gasteiger partial charge in [-0.3, -0.25) is 9.59 Å². The zero-order valence-corrected chi connectivity index (χ0v) is 12.4. The van der Waals surface area contributed by atoms with Gasteiger partial charge in [-0.2, -0.15) is 0 Å². The number of carboxylic acids is 1. The maximum Gasteiger partial charge on any atom is 0.308 e. The first-order chi connectivity index (χ1) is 9.23. The molecule has 20 heavy (non-hydrogen) atoms. The van der Waals surface area contributed by atoms with Gasteiger partial charge in [0.2, 0.25) is 0 Å². The molecule has 1 aromatic carbocycles. The van der Waals surface area contributed by atoms with Crippen LogP contribution in [0.5, 0.6) is 0 Å². The minimum absolute atomic E-state index is 0.00493. The number of amides is 1. The SMILES string of the molecule is CC(C)C(CNC(=O)c1cc(F)c(Cl)cc1Cl)C(=O)O.